The van der Waals surface area contributed by atoms with Gasteiger partial charge in [0.1, 0.15) is 0 Å². The summed E-state index contributed by atoms with van der Waals surface area (Å²) in [7, 11) is 1.61. The molecule has 0 saturated carbocycles. The van der Waals surface area contributed by atoms with E-state index in [1.54, 1.807) is 13.3 Å². The maximum absolute atomic E-state index is 5.47. The van der Waals surface area contributed by atoms with Crippen molar-refractivity contribution in [1.82, 2.24) is 20.1 Å². The predicted octanol–water partition coefficient (Wildman–Crippen LogP) is 4.55. The fourth-order valence-corrected chi connectivity index (χ4v) is 2.94. The molecule has 0 bridgehead atoms. The molecule has 0 N–H and O–H groups in total. The molecule has 0 aliphatic heterocycles. The summed E-state index contributed by atoms with van der Waals surface area (Å²) < 4.78 is 10.8. The molecule has 0 aliphatic carbocycles. The van der Waals surface area contributed by atoms with E-state index in [2.05, 4.69) is 34.0 Å². The van der Waals surface area contributed by atoms with Crippen molar-refractivity contribution in [3.63, 3.8) is 0 Å². The molecule has 6 heteroatoms. The summed E-state index contributed by atoms with van der Waals surface area (Å²) >= 11 is 0. The Bertz CT molecular complexity index is 1070. The number of ether oxygens (including phenoxy) is 1. The van der Waals surface area contributed by atoms with Gasteiger partial charge in [0.2, 0.25) is 5.88 Å². The van der Waals surface area contributed by atoms with E-state index in [0.717, 1.165) is 34.1 Å². The monoisotopic (exact) mass is 360 g/mol. The van der Waals surface area contributed by atoms with Crippen molar-refractivity contribution in [3.05, 3.63) is 54.5 Å². The highest BCUT2D eigenvalue weighted by molar-refractivity contribution is 5.85. The van der Waals surface area contributed by atoms with Gasteiger partial charge < -0.3 is 9.26 Å². The van der Waals surface area contributed by atoms with Crippen LogP contribution in [-0.4, -0.2) is 27.2 Å². The maximum Gasteiger partial charge on any atom is 0.259 e. The van der Waals surface area contributed by atoms with Crippen molar-refractivity contribution >= 4 is 10.9 Å². The average molecular weight is 360 g/mol. The van der Waals surface area contributed by atoms with Crippen molar-refractivity contribution in [2.24, 2.45) is 5.92 Å². The number of hydrogen-bond acceptors (Lipinski definition) is 6. The van der Waals surface area contributed by atoms with Crippen LogP contribution in [0.4, 0.5) is 0 Å². The third-order valence-corrected chi connectivity index (χ3v) is 4.23. The lowest BCUT2D eigenvalue weighted by Gasteiger charge is -2.09. The molecule has 3 aromatic heterocycles. The van der Waals surface area contributed by atoms with Crippen LogP contribution in [0.25, 0.3) is 33.6 Å². The van der Waals surface area contributed by atoms with Crippen molar-refractivity contribution in [3.8, 4) is 28.6 Å². The van der Waals surface area contributed by atoms with Crippen molar-refractivity contribution in [2.45, 2.75) is 20.3 Å². The van der Waals surface area contributed by atoms with Crippen LogP contribution < -0.4 is 4.74 Å². The van der Waals surface area contributed by atoms with E-state index in [0.29, 0.717) is 23.5 Å². The molecule has 1 aromatic carbocycles. The molecule has 0 atom stereocenters. The second-order valence-electron chi connectivity index (χ2n) is 6.78. The van der Waals surface area contributed by atoms with E-state index < -0.39 is 0 Å². The number of pyridine rings is 2. The molecule has 27 heavy (non-hydrogen) atoms. The van der Waals surface area contributed by atoms with E-state index in [9.17, 15) is 0 Å². The lowest BCUT2D eigenvalue weighted by atomic mass is 10.1. The van der Waals surface area contributed by atoms with Crippen LogP contribution in [0, 0.1) is 5.92 Å². The number of hydrogen-bond donors (Lipinski definition) is 0. The van der Waals surface area contributed by atoms with Gasteiger partial charge in [0.15, 0.2) is 5.82 Å². The third-order valence-electron chi connectivity index (χ3n) is 4.23. The van der Waals surface area contributed by atoms with Crippen LogP contribution in [0.2, 0.25) is 0 Å². The van der Waals surface area contributed by atoms with E-state index in [-0.39, 0.29) is 0 Å². The van der Waals surface area contributed by atoms with Crippen molar-refractivity contribution in [1.29, 1.82) is 0 Å². The first-order valence-electron chi connectivity index (χ1n) is 8.87. The van der Waals surface area contributed by atoms with Gasteiger partial charge in [-0.2, -0.15) is 4.98 Å². The zero-order valence-electron chi connectivity index (χ0n) is 15.5. The number of aromatic nitrogens is 4. The number of methoxy groups -OCH3 is 1. The van der Waals surface area contributed by atoms with Gasteiger partial charge in [-0.25, -0.2) is 4.98 Å². The first kappa shape index (κ1) is 17.1. The molecule has 0 unspecified atom stereocenters. The van der Waals surface area contributed by atoms with Crippen LogP contribution >= 0.6 is 0 Å². The number of nitrogens with zero attached hydrogens (tertiary/aromatic N) is 4. The summed E-state index contributed by atoms with van der Waals surface area (Å²) in [6.07, 6.45) is 2.52. The summed E-state index contributed by atoms with van der Waals surface area (Å²) in [6, 6.07) is 13.8. The molecule has 0 saturated heterocycles. The molecule has 4 rings (SSSR count). The number of rotatable bonds is 5. The Labute approximate surface area is 157 Å². The van der Waals surface area contributed by atoms with E-state index in [1.807, 2.05) is 42.5 Å². The molecule has 6 nitrogen and oxygen atoms in total. The van der Waals surface area contributed by atoms with E-state index in [4.69, 9.17) is 9.26 Å². The zero-order chi connectivity index (χ0) is 18.8. The molecule has 136 valence electrons. The van der Waals surface area contributed by atoms with Gasteiger partial charge in [-0.15, -0.1) is 0 Å². The van der Waals surface area contributed by atoms with Crippen molar-refractivity contribution < 1.29 is 9.26 Å². The summed E-state index contributed by atoms with van der Waals surface area (Å²) in [5.74, 6) is 2.22. The Balaban J connectivity index is 1.68. The largest absolute Gasteiger partial charge is 0.480 e. The highest BCUT2D eigenvalue weighted by Crippen LogP contribution is 2.31. The third kappa shape index (κ3) is 3.51. The molecular formula is C21H20N4O2. The molecule has 0 spiro atoms. The minimum absolute atomic E-state index is 0.476. The van der Waals surface area contributed by atoms with Gasteiger partial charge in [-0.05, 0) is 30.2 Å². The highest BCUT2D eigenvalue weighted by atomic mass is 16.5. The van der Waals surface area contributed by atoms with E-state index >= 15 is 0 Å². The fourth-order valence-electron chi connectivity index (χ4n) is 2.94. The second kappa shape index (κ2) is 7.15. The van der Waals surface area contributed by atoms with Gasteiger partial charge in [-0.3, -0.25) is 4.98 Å². The predicted molar refractivity (Wildman–Crippen MR) is 103 cm³/mol. The van der Waals surface area contributed by atoms with Gasteiger partial charge in [0.25, 0.3) is 5.89 Å². The molecule has 0 aliphatic rings. The summed E-state index contributed by atoms with van der Waals surface area (Å²) in [5, 5.41) is 5.07. The van der Waals surface area contributed by atoms with Crippen LogP contribution in [-0.2, 0) is 6.42 Å². The minimum atomic E-state index is 0.476. The topological polar surface area (TPSA) is 73.9 Å². The standard InChI is InChI=1S/C21H20N4O2/c1-13(2)10-19-24-20(27-25-19)15-8-9-18(22-12-15)16-11-14-6-4-5-7-17(14)23-21(16)26-3/h4-9,11-13H,10H2,1-3H3. The Hall–Kier alpha value is -3.28. The summed E-state index contributed by atoms with van der Waals surface area (Å²) in [4.78, 5) is 13.6. The Kier molecular flexibility index (Phi) is 4.54. The second-order valence-corrected chi connectivity index (χ2v) is 6.78. The normalized spacial score (nSPS) is 11.3. The lowest BCUT2D eigenvalue weighted by molar-refractivity contribution is 0.401. The van der Waals surface area contributed by atoms with Crippen LogP contribution in [0.15, 0.2) is 53.2 Å². The zero-order valence-corrected chi connectivity index (χ0v) is 15.5. The first-order chi connectivity index (χ1) is 13.1. The minimum Gasteiger partial charge on any atom is -0.480 e. The van der Waals surface area contributed by atoms with Crippen molar-refractivity contribution in [2.75, 3.05) is 7.11 Å². The number of para-hydroxylation sites is 1. The Morgan fingerprint density at radius 1 is 1.07 bits per heavy atom. The SMILES string of the molecule is COc1nc2ccccc2cc1-c1ccc(-c2nc(CC(C)C)no2)cn1. The average Bonchev–Trinajstić information content (AvgIpc) is 3.14. The quantitative estimate of drug-likeness (QED) is 0.520. The van der Waals surface area contributed by atoms with Gasteiger partial charge in [0, 0.05) is 18.0 Å². The molecular weight excluding hydrogens is 340 g/mol. The van der Waals surface area contributed by atoms with Crippen LogP contribution in [0.1, 0.15) is 19.7 Å². The number of benzene rings is 1. The Morgan fingerprint density at radius 2 is 1.93 bits per heavy atom. The van der Waals surface area contributed by atoms with Crippen LogP contribution in [0.3, 0.4) is 0 Å². The molecule has 0 radical (unpaired) electrons. The van der Waals surface area contributed by atoms with E-state index in [1.165, 1.54) is 0 Å². The van der Waals surface area contributed by atoms with Gasteiger partial charge >= 0.3 is 0 Å². The lowest BCUT2D eigenvalue weighted by Crippen LogP contribution is -1.96. The number of fused-ring (bicyclic) bond motifs is 1. The summed E-state index contributed by atoms with van der Waals surface area (Å²) in [6.45, 7) is 4.24. The smallest absolute Gasteiger partial charge is 0.259 e. The van der Waals surface area contributed by atoms with Gasteiger partial charge in [-0.1, -0.05) is 37.2 Å². The molecule has 4 aromatic rings. The summed E-state index contributed by atoms with van der Waals surface area (Å²) in [5.41, 5.74) is 3.29. The fraction of sp³-hybridized carbons (Fsp3) is 0.238. The molecule has 0 amide bonds. The van der Waals surface area contributed by atoms with Gasteiger partial charge in [0.05, 0.1) is 29.4 Å². The Morgan fingerprint density at radius 3 is 2.67 bits per heavy atom. The van der Waals surface area contributed by atoms with Crippen LogP contribution in [0.5, 0.6) is 5.88 Å². The molecule has 3 heterocycles. The highest BCUT2D eigenvalue weighted by Gasteiger charge is 2.14. The maximum atomic E-state index is 5.47. The molecule has 0 fully saturated rings. The first-order valence-corrected chi connectivity index (χ1v) is 8.87.